The number of fused-ring (bicyclic) bond motifs is 1. The smallest absolute Gasteiger partial charge is 0.416 e. The van der Waals surface area contributed by atoms with E-state index < -0.39 is 11.7 Å². The molecule has 0 aliphatic carbocycles. The molecule has 3 aromatic rings. The number of carbonyl (C=O) groups excluding carboxylic acids is 1. The third kappa shape index (κ3) is 4.43. The van der Waals surface area contributed by atoms with Crippen LogP contribution in [0.2, 0.25) is 0 Å². The number of hydrogen-bond donors (Lipinski definition) is 2. The minimum absolute atomic E-state index is 0.141. The van der Waals surface area contributed by atoms with Gasteiger partial charge >= 0.3 is 6.18 Å². The Kier molecular flexibility index (Phi) is 5.56. The van der Waals surface area contributed by atoms with Crippen LogP contribution >= 0.6 is 0 Å². The normalized spacial score (nSPS) is 12.6. The Morgan fingerprint density at radius 2 is 1.82 bits per heavy atom. The summed E-state index contributed by atoms with van der Waals surface area (Å²) in [5, 5.41) is 4.31. The third-order valence-electron chi connectivity index (χ3n) is 4.24. The zero-order valence-corrected chi connectivity index (χ0v) is 15.1. The number of alkyl halides is 3. The SMILES string of the molecule is C[C@@H](CN)NC(=O)c1ccc2c(Oc3ccc(C(F)(F)F)cc3)cccc2c1. The average Bonchev–Trinajstić information content (AvgIpc) is 2.67. The zero-order valence-electron chi connectivity index (χ0n) is 15.1. The Morgan fingerprint density at radius 1 is 1.11 bits per heavy atom. The maximum Gasteiger partial charge on any atom is 0.416 e. The lowest BCUT2D eigenvalue weighted by Gasteiger charge is -2.13. The molecule has 0 heterocycles. The van der Waals surface area contributed by atoms with E-state index in [-0.39, 0.29) is 11.9 Å². The summed E-state index contributed by atoms with van der Waals surface area (Å²) in [6, 6.07) is 14.8. The van der Waals surface area contributed by atoms with Crippen molar-refractivity contribution >= 4 is 16.7 Å². The highest BCUT2D eigenvalue weighted by atomic mass is 19.4. The second-order valence-electron chi connectivity index (χ2n) is 6.43. The van der Waals surface area contributed by atoms with Crippen molar-refractivity contribution in [3.8, 4) is 11.5 Å². The Balaban J connectivity index is 1.85. The molecule has 0 unspecified atom stereocenters. The van der Waals surface area contributed by atoms with Crippen LogP contribution in [0.4, 0.5) is 13.2 Å². The van der Waals surface area contributed by atoms with E-state index in [1.165, 1.54) is 12.1 Å². The van der Waals surface area contributed by atoms with Gasteiger partial charge in [0.05, 0.1) is 5.56 Å². The van der Waals surface area contributed by atoms with E-state index in [1.807, 2.05) is 13.0 Å². The summed E-state index contributed by atoms with van der Waals surface area (Å²) >= 11 is 0. The molecule has 0 aromatic heterocycles. The lowest BCUT2D eigenvalue weighted by molar-refractivity contribution is -0.137. The summed E-state index contributed by atoms with van der Waals surface area (Å²) in [4.78, 5) is 12.3. The predicted octanol–water partition coefficient (Wildman–Crippen LogP) is 4.73. The Labute approximate surface area is 160 Å². The molecule has 1 amide bonds. The lowest BCUT2D eigenvalue weighted by atomic mass is 10.1. The van der Waals surface area contributed by atoms with E-state index in [9.17, 15) is 18.0 Å². The van der Waals surface area contributed by atoms with Gasteiger partial charge in [-0.3, -0.25) is 4.79 Å². The quantitative estimate of drug-likeness (QED) is 0.664. The largest absolute Gasteiger partial charge is 0.457 e. The topological polar surface area (TPSA) is 64.3 Å². The highest BCUT2D eigenvalue weighted by molar-refractivity contribution is 6.00. The van der Waals surface area contributed by atoms with Gasteiger partial charge in [-0.05, 0) is 60.8 Å². The summed E-state index contributed by atoms with van der Waals surface area (Å²) in [6.07, 6.45) is -4.39. The van der Waals surface area contributed by atoms with Gasteiger partial charge in [0.1, 0.15) is 11.5 Å². The molecule has 4 nitrogen and oxygen atoms in total. The first-order valence-electron chi connectivity index (χ1n) is 8.67. The van der Waals surface area contributed by atoms with Crippen LogP contribution in [0.25, 0.3) is 10.8 Å². The summed E-state index contributed by atoms with van der Waals surface area (Å²) < 4.78 is 43.8. The van der Waals surface area contributed by atoms with Crippen molar-refractivity contribution in [1.82, 2.24) is 5.32 Å². The van der Waals surface area contributed by atoms with Crippen LogP contribution < -0.4 is 15.8 Å². The molecule has 0 radical (unpaired) electrons. The van der Waals surface area contributed by atoms with Gasteiger partial charge in [0.25, 0.3) is 5.91 Å². The number of nitrogens with one attached hydrogen (secondary N) is 1. The van der Waals surface area contributed by atoms with E-state index in [0.29, 0.717) is 23.6 Å². The number of rotatable bonds is 5. The molecule has 146 valence electrons. The molecule has 0 saturated carbocycles. The van der Waals surface area contributed by atoms with Crippen LogP contribution in [0.5, 0.6) is 11.5 Å². The molecule has 0 bridgehead atoms. The van der Waals surface area contributed by atoms with Gasteiger partial charge in [-0.25, -0.2) is 0 Å². The Hall–Kier alpha value is -3.06. The van der Waals surface area contributed by atoms with Gasteiger partial charge in [-0.2, -0.15) is 13.2 Å². The van der Waals surface area contributed by atoms with E-state index in [2.05, 4.69) is 5.32 Å². The summed E-state index contributed by atoms with van der Waals surface area (Å²) in [6.45, 7) is 2.15. The van der Waals surface area contributed by atoms with Crippen molar-refractivity contribution in [2.24, 2.45) is 5.73 Å². The maximum atomic E-state index is 12.7. The molecule has 3 rings (SSSR count). The number of benzene rings is 3. The van der Waals surface area contributed by atoms with Gasteiger partial charge in [-0.1, -0.05) is 12.1 Å². The second-order valence-corrected chi connectivity index (χ2v) is 6.43. The predicted molar refractivity (Wildman–Crippen MR) is 101 cm³/mol. The monoisotopic (exact) mass is 388 g/mol. The molecule has 7 heteroatoms. The Bertz CT molecular complexity index is 985. The van der Waals surface area contributed by atoms with Crippen LogP contribution in [0.3, 0.4) is 0 Å². The molecule has 3 aromatic carbocycles. The molecule has 1 atom stereocenters. The molecule has 0 aliphatic rings. The van der Waals surface area contributed by atoms with Crippen molar-refractivity contribution < 1.29 is 22.7 Å². The third-order valence-corrected chi connectivity index (χ3v) is 4.24. The number of amides is 1. The summed E-state index contributed by atoms with van der Waals surface area (Å²) in [5.41, 5.74) is 5.27. The molecular weight excluding hydrogens is 369 g/mol. The molecule has 3 N–H and O–H groups in total. The Morgan fingerprint density at radius 3 is 2.46 bits per heavy atom. The lowest BCUT2D eigenvalue weighted by Crippen LogP contribution is -2.37. The van der Waals surface area contributed by atoms with Gasteiger partial charge in [-0.15, -0.1) is 0 Å². The van der Waals surface area contributed by atoms with Gasteiger partial charge in [0, 0.05) is 23.5 Å². The highest BCUT2D eigenvalue weighted by Gasteiger charge is 2.30. The van der Waals surface area contributed by atoms with Crippen molar-refractivity contribution in [2.75, 3.05) is 6.54 Å². The molecule has 0 fully saturated rings. The van der Waals surface area contributed by atoms with Crippen LogP contribution in [0.1, 0.15) is 22.8 Å². The van der Waals surface area contributed by atoms with Crippen molar-refractivity contribution in [3.63, 3.8) is 0 Å². The van der Waals surface area contributed by atoms with E-state index in [1.54, 1.807) is 30.3 Å². The van der Waals surface area contributed by atoms with Crippen LogP contribution in [-0.4, -0.2) is 18.5 Å². The summed E-state index contributed by atoms with van der Waals surface area (Å²) in [7, 11) is 0. The number of ether oxygens (including phenoxy) is 1. The van der Waals surface area contributed by atoms with Crippen molar-refractivity contribution in [2.45, 2.75) is 19.1 Å². The van der Waals surface area contributed by atoms with Crippen molar-refractivity contribution in [1.29, 1.82) is 0 Å². The number of nitrogens with two attached hydrogens (primary N) is 1. The maximum absolute atomic E-state index is 12.7. The summed E-state index contributed by atoms with van der Waals surface area (Å²) in [5.74, 6) is 0.549. The van der Waals surface area contributed by atoms with Gasteiger partial charge in [0.2, 0.25) is 0 Å². The fourth-order valence-corrected chi connectivity index (χ4v) is 2.69. The first-order valence-corrected chi connectivity index (χ1v) is 8.67. The molecular formula is C21H19F3N2O2. The first-order chi connectivity index (χ1) is 13.3. The minimum Gasteiger partial charge on any atom is -0.457 e. The number of carbonyl (C=O) groups is 1. The van der Waals surface area contributed by atoms with Crippen LogP contribution in [0.15, 0.2) is 60.7 Å². The highest BCUT2D eigenvalue weighted by Crippen LogP contribution is 2.33. The first kappa shape index (κ1) is 19.7. The van der Waals surface area contributed by atoms with Crippen LogP contribution in [-0.2, 0) is 6.18 Å². The average molecular weight is 388 g/mol. The molecule has 0 spiro atoms. The second kappa shape index (κ2) is 7.90. The minimum atomic E-state index is -4.39. The molecule has 0 saturated heterocycles. The fraction of sp³-hybridized carbons (Fsp3) is 0.190. The fourth-order valence-electron chi connectivity index (χ4n) is 2.69. The van der Waals surface area contributed by atoms with E-state index in [4.69, 9.17) is 10.5 Å². The number of halogens is 3. The van der Waals surface area contributed by atoms with Gasteiger partial charge in [0.15, 0.2) is 0 Å². The van der Waals surface area contributed by atoms with Gasteiger partial charge < -0.3 is 15.8 Å². The zero-order chi connectivity index (χ0) is 20.3. The van der Waals surface area contributed by atoms with E-state index in [0.717, 1.165) is 22.9 Å². The van der Waals surface area contributed by atoms with Crippen LogP contribution in [0, 0.1) is 0 Å². The van der Waals surface area contributed by atoms with E-state index >= 15 is 0 Å². The molecule has 28 heavy (non-hydrogen) atoms. The van der Waals surface area contributed by atoms with Crippen molar-refractivity contribution in [3.05, 3.63) is 71.8 Å². The number of hydrogen-bond acceptors (Lipinski definition) is 3. The standard InChI is InChI=1S/C21H19F3N2O2/c1-13(12-25)26-20(27)15-5-10-18-14(11-15)3-2-4-19(18)28-17-8-6-16(7-9-17)21(22,23)24/h2-11,13H,12,25H2,1H3,(H,26,27)/t13-/m0/s1. The molecule has 0 aliphatic heterocycles.